The van der Waals surface area contributed by atoms with E-state index >= 15 is 0 Å². The van der Waals surface area contributed by atoms with Crippen LogP contribution in [0.2, 0.25) is 0 Å². The molecule has 1 unspecified atom stereocenters. The van der Waals surface area contributed by atoms with Crippen molar-refractivity contribution < 1.29 is 8.76 Å². The third-order valence-corrected chi connectivity index (χ3v) is 1.87. The Hall–Kier alpha value is -0.680. The van der Waals surface area contributed by atoms with Crippen LogP contribution < -0.4 is 0 Å². The van der Waals surface area contributed by atoms with Gasteiger partial charge in [0.15, 0.2) is 5.03 Å². The molecule has 0 bridgehead atoms. The van der Waals surface area contributed by atoms with Crippen molar-refractivity contribution in [2.24, 2.45) is 0 Å². The molecule has 1 heterocycles. The second-order valence-corrected chi connectivity index (χ2v) is 3.39. The van der Waals surface area contributed by atoms with E-state index in [1.165, 1.54) is 6.07 Å². The first-order valence-electron chi connectivity index (χ1n) is 3.27. The van der Waals surface area contributed by atoms with E-state index in [-0.39, 0.29) is 11.1 Å². The monoisotopic (exact) mass is 174 g/mol. The molecule has 5 heteroatoms. The molecule has 1 N–H and O–H groups in total. The second kappa shape index (κ2) is 3.15. The van der Waals surface area contributed by atoms with Crippen LogP contribution in [-0.2, 0) is 11.1 Å². The lowest BCUT2D eigenvalue weighted by Crippen LogP contribution is -2.02. The largest absolute Gasteiger partial charge is 0.301 e. The molecule has 4 nitrogen and oxygen atoms in total. The number of aromatic nitrogens is 2. The summed E-state index contributed by atoms with van der Waals surface area (Å²) in [6, 6.07) is 1.77. The van der Waals surface area contributed by atoms with Gasteiger partial charge in [0.05, 0.1) is 0 Å². The Morgan fingerprint density at radius 3 is 2.64 bits per heavy atom. The summed E-state index contributed by atoms with van der Waals surface area (Å²) in [5.74, 6) is 0. The molecule has 0 aromatic carbocycles. The van der Waals surface area contributed by atoms with Gasteiger partial charge in [-0.2, -0.15) is 5.10 Å². The van der Waals surface area contributed by atoms with Crippen LogP contribution in [0, 0.1) is 0 Å². The normalized spacial score (nSPS) is 13.8. The topological polar surface area (TPSA) is 55.1 Å². The van der Waals surface area contributed by atoms with E-state index < -0.39 is 11.1 Å². The minimum Gasteiger partial charge on any atom is -0.301 e. The van der Waals surface area contributed by atoms with E-state index in [1.807, 2.05) is 13.8 Å². The molecule has 0 amide bonds. The maximum absolute atomic E-state index is 10.5. The maximum Gasteiger partial charge on any atom is 0.207 e. The van der Waals surface area contributed by atoms with Crippen LogP contribution in [0.1, 0.15) is 19.9 Å². The number of hydrogen-bond donors (Lipinski definition) is 1. The minimum absolute atomic E-state index is 0.207. The quantitative estimate of drug-likeness (QED) is 0.682. The van der Waals surface area contributed by atoms with Gasteiger partial charge in [-0.3, -0.25) is 4.68 Å². The minimum atomic E-state index is -1.96. The third-order valence-electron chi connectivity index (χ3n) is 1.29. The molecule has 0 aliphatic rings. The van der Waals surface area contributed by atoms with Gasteiger partial charge in [0.25, 0.3) is 0 Å². The van der Waals surface area contributed by atoms with Crippen LogP contribution in [0.15, 0.2) is 17.3 Å². The van der Waals surface area contributed by atoms with Crippen molar-refractivity contribution in [1.29, 1.82) is 0 Å². The molecule has 0 aliphatic heterocycles. The van der Waals surface area contributed by atoms with Crippen LogP contribution in [-0.4, -0.2) is 18.5 Å². The summed E-state index contributed by atoms with van der Waals surface area (Å²) in [4.78, 5) is 0. The molecule has 0 fully saturated rings. The summed E-state index contributed by atoms with van der Waals surface area (Å²) in [5.41, 5.74) is 0. The fourth-order valence-electron chi connectivity index (χ4n) is 0.701. The maximum atomic E-state index is 10.5. The van der Waals surface area contributed by atoms with Crippen molar-refractivity contribution in [2.45, 2.75) is 24.9 Å². The Morgan fingerprint density at radius 2 is 2.36 bits per heavy atom. The van der Waals surface area contributed by atoms with Gasteiger partial charge >= 0.3 is 0 Å². The molecule has 11 heavy (non-hydrogen) atoms. The van der Waals surface area contributed by atoms with Gasteiger partial charge in [-0.25, -0.2) is 4.21 Å². The van der Waals surface area contributed by atoms with E-state index in [2.05, 4.69) is 5.10 Å². The van der Waals surface area contributed by atoms with Gasteiger partial charge in [0.1, 0.15) is 0 Å². The summed E-state index contributed by atoms with van der Waals surface area (Å²) in [6.07, 6.45) is 1.69. The van der Waals surface area contributed by atoms with Gasteiger partial charge in [-0.15, -0.1) is 0 Å². The van der Waals surface area contributed by atoms with Gasteiger partial charge < -0.3 is 4.55 Å². The number of hydrogen-bond acceptors (Lipinski definition) is 2. The van der Waals surface area contributed by atoms with Gasteiger partial charge in [0, 0.05) is 12.2 Å². The van der Waals surface area contributed by atoms with Crippen molar-refractivity contribution in [3.8, 4) is 0 Å². The Balaban J connectivity index is 2.90. The standard InChI is InChI=1S/C6H10N2O2S/c1-5(2)8-4-3-6(7-8)11(9)10/h3-5H,1-2H3,(H,9,10). The molecule has 1 aromatic rings. The lowest BCUT2D eigenvalue weighted by atomic mass is 10.4. The van der Waals surface area contributed by atoms with Crippen molar-refractivity contribution in [2.75, 3.05) is 0 Å². The van der Waals surface area contributed by atoms with E-state index in [4.69, 9.17) is 4.55 Å². The molecule has 62 valence electrons. The average Bonchev–Trinajstić information content (AvgIpc) is 2.33. The molecular weight excluding hydrogens is 164 g/mol. The molecule has 0 saturated heterocycles. The second-order valence-electron chi connectivity index (χ2n) is 2.48. The van der Waals surface area contributed by atoms with E-state index in [0.717, 1.165) is 0 Å². The zero-order chi connectivity index (χ0) is 8.43. The van der Waals surface area contributed by atoms with Gasteiger partial charge in [-0.05, 0) is 19.9 Å². The van der Waals surface area contributed by atoms with Crippen molar-refractivity contribution in [3.05, 3.63) is 12.3 Å². The predicted molar refractivity (Wildman–Crippen MR) is 41.6 cm³/mol. The van der Waals surface area contributed by atoms with Crippen molar-refractivity contribution in [1.82, 2.24) is 9.78 Å². The van der Waals surface area contributed by atoms with Crippen LogP contribution >= 0.6 is 0 Å². The molecule has 0 spiro atoms. The van der Waals surface area contributed by atoms with Gasteiger partial charge in [0.2, 0.25) is 11.1 Å². The molecule has 0 saturated carbocycles. The lowest BCUT2D eigenvalue weighted by Gasteiger charge is -2.02. The molecule has 1 atom stereocenters. The highest BCUT2D eigenvalue weighted by atomic mass is 32.2. The number of nitrogens with zero attached hydrogens (tertiary/aromatic N) is 2. The summed E-state index contributed by atoms with van der Waals surface area (Å²) in [5, 5.41) is 4.08. The van der Waals surface area contributed by atoms with E-state index in [0.29, 0.717) is 0 Å². The first kappa shape index (κ1) is 8.42. The zero-order valence-corrected chi connectivity index (χ0v) is 7.21. The summed E-state index contributed by atoms with van der Waals surface area (Å²) in [6.45, 7) is 3.91. The molecular formula is C6H10N2O2S. The van der Waals surface area contributed by atoms with E-state index in [9.17, 15) is 4.21 Å². The van der Waals surface area contributed by atoms with Crippen LogP contribution in [0.3, 0.4) is 0 Å². The van der Waals surface area contributed by atoms with E-state index in [1.54, 1.807) is 10.9 Å². The van der Waals surface area contributed by atoms with Crippen molar-refractivity contribution >= 4 is 11.1 Å². The predicted octanol–water partition coefficient (Wildman–Crippen LogP) is 1.04. The Morgan fingerprint density at radius 1 is 1.73 bits per heavy atom. The summed E-state index contributed by atoms with van der Waals surface area (Å²) >= 11 is -1.96. The highest BCUT2D eigenvalue weighted by Gasteiger charge is 2.05. The fourth-order valence-corrected chi connectivity index (χ4v) is 1.04. The third kappa shape index (κ3) is 1.87. The lowest BCUT2D eigenvalue weighted by molar-refractivity contribution is 0.511. The van der Waals surface area contributed by atoms with Crippen molar-refractivity contribution in [3.63, 3.8) is 0 Å². The smallest absolute Gasteiger partial charge is 0.207 e. The highest BCUT2D eigenvalue weighted by Crippen LogP contribution is 2.05. The van der Waals surface area contributed by atoms with Crippen LogP contribution in [0.5, 0.6) is 0 Å². The molecule has 0 radical (unpaired) electrons. The van der Waals surface area contributed by atoms with Crippen LogP contribution in [0.4, 0.5) is 0 Å². The fraction of sp³-hybridized carbons (Fsp3) is 0.500. The summed E-state index contributed by atoms with van der Waals surface area (Å²) in [7, 11) is 0. The van der Waals surface area contributed by atoms with Gasteiger partial charge in [-0.1, -0.05) is 0 Å². The van der Waals surface area contributed by atoms with Crippen LogP contribution in [0.25, 0.3) is 0 Å². The molecule has 0 aliphatic carbocycles. The zero-order valence-electron chi connectivity index (χ0n) is 6.39. The Kier molecular flexibility index (Phi) is 2.41. The SMILES string of the molecule is CC(C)n1ccc(S(=O)O)n1. The Labute approximate surface area is 67.5 Å². The Bertz CT molecular complexity index is 269. The molecule has 1 aromatic heterocycles. The average molecular weight is 174 g/mol. The first-order valence-corrected chi connectivity index (χ1v) is 4.38. The molecule has 1 rings (SSSR count). The first-order chi connectivity index (χ1) is 5.11. The summed E-state index contributed by atoms with van der Waals surface area (Å²) < 4.78 is 20.7. The highest BCUT2D eigenvalue weighted by molar-refractivity contribution is 7.79. The number of rotatable bonds is 2.